The van der Waals surface area contributed by atoms with E-state index in [1.54, 1.807) is 20.8 Å². The molecular weight excluding hydrogens is 1030 g/mol. The molecule has 0 radical (unpaired) electrons. The lowest BCUT2D eigenvalue weighted by Crippen LogP contribution is -2.41. The van der Waals surface area contributed by atoms with E-state index in [9.17, 15) is 4.57 Å². The lowest BCUT2D eigenvalue weighted by atomic mass is 10.5. The molecule has 0 aliphatic rings. The average molecular weight is 1040 g/mol. The van der Waals surface area contributed by atoms with Crippen LogP contribution in [-0.2, 0) is 18.1 Å². The number of hydrogen-bond acceptors (Lipinski definition) is 4. The van der Waals surface area contributed by atoms with E-state index in [0.717, 1.165) is 0 Å². The molecule has 0 heterocycles. The Hall–Kier alpha value is 5.30. The molecular formula is C9H9Br9Cl3O4P. The summed E-state index contributed by atoms with van der Waals surface area (Å²) in [5.41, 5.74) is 0. The van der Waals surface area contributed by atoms with Gasteiger partial charge in [-0.2, -0.15) is 0 Å². The third-order valence-corrected chi connectivity index (χ3v) is 16.9. The van der Waals surface area contributed by atoms with Crippen molar-refractivity contribution in [2.24, 2.45) is 0 Å². The minimum Gasteiger partial charge on any atom is -0.251 e. The van der Waals surface area contributed by atoms with Crippen molar-refractivity contribution in [1.29, 1.82) is 0 Å². The van der Waals surface area contributed by atoms with Crippen LogP contribution in [0.1, 0.15) is 20.8 Å². The fraction of sp³-hybridized carbons (Fsp3) is 1.00. The maximum absolute atomic E-state index is 13.5. The summed E-state index contributed by atoms with van der Waals surface area (Å²) in [4.78, 5) is 0. The van der Waals surface area contributed by atoms with Crippen LogP contribution in [0.5, 0.6) is 0 Å². The van der Waals surface area contributed by atoms with Gasteiger partial charge in [-0.1, -0.05) is 130 Å². The van der Waals surface area contributed by atoms with Crippen molar-refractivity contribution in [3.05, 3.63) is 0 Å². The molecule has 158 valence electrons. The summed E-state index contributed by atoms with van der Waals surface area (Å²) in [5, 5.41) is 0. The van der Waals surface area contributed by atoms with E-state index in [0.29, 0.717) is 0 Å². The van der Waals surface area contributed by atoms with Crippen molar-refractivity contribution in [3.63, 3.8) is 0 Å². The summed E-state index contributed by atoms with van der Waals surface area (Å²) >= 11 is 47.7. The van der Waals surface area contributed by atoms with Gasteiger partial charge >= 0.3 is 7.82 Å². The first-order chi connectivity index (χ1) is 10.9. The first-order valence-corrected chi connectivity index (χ1v) is 15.6. The molecule has 0 saturated carbocycles. The zero-order valence-corrected chi connectivity index (χ0v) is 30.1. The Bertz CT molecular complexity index is 480. The van der Waals surface area contributed by atoms with Crippen molar-refractivity contribution in [3.8, 4) is 0 Å². The molecule has 0 aromatic carbocycles. The fourth-order valence-corrected chi connectivity index (χ4v) is 5.81. The molecule has 26 heavy (non-hydrogen) atoms. The Balaban J connectivity index is 6.10. The van der Waals surface area contributed by atoms with Crippen LogP contribution in [0.25, 0.3) is 0 Å². The third-order valence-electron chi connectivity index (χ3n) is 2.21. The van der Waals surface area contributed by atoms with Crippen molar-refractivity contribution < 1.29 is 18.1 Å². The fourth-order valence-electron chi connectivity index (χ4n) is 0.718. The molecule has 0 aromatic rings. The second-order valence-electron chi connectivity index (χ2n) is 4.94. The van der Waals surface area contributed by atoms with E-state index < -0.39 is 29.4 Å². The van der Waals surface area contributed by atoms with Crippen LogP contribution in [-0.4, -0.2) is 21.6 Å². The molecule has 17 heteroatoms. The maximum Gasteiger partial charge on any atom is 0.482 e. The predicted molar refractivity (Wildman–Crippen MR) is 142 cm³/mol. The van der Waals surface area contributed by atoms with Gasteiger partial charge in [0.25, 0.3) is 0 Å². The van der Waals surface area contributed by atoms with Crippen LogP contribution < -0.4 is 0 Å². The zero-order valence-electron chi connectivity index (χ0n) is 12.6. The van der Waals surface area contributed by atoms with Crippen molar-refractivity contribution in [2.75, 3.05) is 0 Å². The van der Waals surface area contributed by atoms with E-state index in [-0.39, 0.29) is 0 Å². The standard InChI is InChI=1S/C9H9Br9Cl3O4P/c1-4(10,11)7(16,19)23-26(22,24-8(17,20)5(2,12)13)25-9(18,21)6(3,14)15/h1-3H3. The molecule has 0 fully saturated rings. The molecule has 0 amide bonds. The summed E-state index contributed by atoms with van der Waals surface area (Å²) in [6.45, 7) is 4.75. The van der Waals surface area contributed by atoms with Gasteiger partial charge in [0.05, 0.1) is 0 Å². The van der Waals surface area contributed by atoms with Gasteiger partial charge in [0.2, 0.25) is 11.9 Å². The van der Waals surface area contributed by atoms with Gasteiger partial charge in [-0.15, -0.1) is 0 Å². The third kappa shape index (κ3) is 9.27. The van der Waals surface area contributed by atoms with E-state index in [2.05, 4.69) is 143 Å². The maximum atomic E-state index is 13.5. The van der Waals surface area contributed by atoms with E-state index in [1.165, 1.54) is 0 Å². The number of rotatable bonds is 9. The van der Waals surface area contributed by atoms with Crippen LogP contribution in [0, 0.1) is 0 Å². The van der Waals surface area contributed by atoms with E-state index in [4.69, 9.17) is 48.4 Å². The highest BCUT2D eigenvalue weighted by molar-refractivity contribution is 9.27. The minimum absolute atomic E-state index is 1.10. The minimum atomic E-state index is -4.59. The normalized spacial score (nSPS) is 23.5. The first-order valence-electron chi connectivity index (χ1n) is 5.86. The molecule has 0 N–H and O–H groups in total. The summed E-state index contributed by atoms with van der Waals surface area (Å²) < 4.78 is 21.1. The molecule has 0 spiro atoms. The Morgan fingerprint density at radius 1 is 0.577 bits per heavy atom. The van der Waals surface area contributed by atoms with E-state index in [1.807, 2.05) is 0 Å². The molecule has 0 aliphatic heterocycles. The zero-order chi connectivity index (χ0) is 21.6. The molecule has 0 aromatic heterocycles. The predicted octanol–water partition coefficient (Wildman–Crippen LogP) is 10.5. The second-order valence-corrected chi connectivity index (χ2v) is 25.4. The Morgan fingerprint density at radius 3 is 0.846 bits per heavy atom. The molecule has 0 rings (SSSR count). The molecule has 3 atom stereocenters. The molecule has 0 aliphatic carbocycles. The number of halogens is 12. The summed E-state index contributed by atoms with van der Waals surface area (Å²) in [7, 11) is -4.59. The van der Waals surface area contributed by atoms with Crippen molar-refractivity contribution >= 4 is 186 Å². The topological polar surface area (TPSA) is 44.8 Å². The van der Waals surface area contributed by atoms with Gasteiger partial charge in [-0.3, -0.25) is 13.6 Å². The van der Waals surface area contributed by atoms with Gasteiger partial charge in [0.1, 0.15) is 9.70 Å². The number of phosphoric ester groups is 1. The van der Waals surface area contributed by atoms with Gasteiger partial charge in [0, 0.05) is 0 Å². The first kappa shape index (κ1) is 31.3. The van der Waals surface area contributed by atoms with Gasteiger partial charge in [0.15, 0.2) is 0 Å². The van der Waals surface area contributed by atoms with Crippen molar-refractivity contribution in [2.45, 2.75) is 42.4 Å². The largest absolute Gasteiger partial charge is 0.482 e. The summed E-state index contributed by atoms with van der Waals surface area (Å²) in [5.74, 6) is 0. The average Bonchev–Trinajstić information content (AvgIpc) is 2.19. The molecule has 4 nitrogen and oxygen atoms in total. The van der Waals surface area contributed by atoms with Gasteiger partial charge in [-0.05, 0) is 68.6 Å². The van der Waals surface area contributed by atoms with Crippen LogP contribution >= 0.6 is 186 Å². The van der Waals surface area contributed by atoms with E-state index >= 15 is 0 Å². The quantitative estimate of drug-likeness (QED) is 0.171. The lowest BCUT2D eigenvalue weighted by Gasteiger charge is -2.40. The molecule has 0 bridgehead atoms. The smallest absolute Gasteiger partial charge is 0.251 e. The highest BCUT2D eigenvalue weighted by Gasteiger charge is 2.59. The van der Waals surface area contributed by atoms with Crippen LogP contribution in [0.3, 0.4) is 0 Å². The van der Waals surface area contributed by atoms with Crippen molar-refractivity contribution in [1.82, 2.24) is 0 Å². The van der Waals surface area contributed by atoms with Crippen LogP contribution in [0.15, 0.2) is 0 Å². The number of hydrogen-bond donors (Lipinski definition) is 0. The highest BCUT2D eigenvalue weighted by Crippen LogP contribution is 2.69. The van der Waals surface area contributed by atoms with Gasteiger partial charge < -0.3 is 0 Å². The summed E-state index contributed by atoms with van der Waals surface area (Å²) in [6.07, 6.45) is 0. The van der Waals surface area contributed by atoms with Crippen LogP contribution in [0.2, 0.25) is 0 Å². The molecule has 3 unspecified atom stereocenters. The summed E-state index contributed by atoms with van der Waals surface area (Å²) in [6, 6.07) is 0. The second kappa shape index (κ2) is 10.3. The Kier molecular flexibility index (Phi) is 12.4. The number of alkyl halides is 12. The van der Waals surface area contributed by atoms with Crippen LogP contribution in [0.4, 0.5) is 0 Å². The SMILES string of the molecule is CC(Br)(Br)C(Cl)(Br)OP(=O)(OC(Cl)(Br)C(C)(Br)Br)OC(Cl)(Br)C(C)(Br)Br. The Labute approximate surface area is 242 Å². The lowest BCUT2D eigenvalue weighted by molar-refractivity contribution is 0.0633. The number of phosphoric acid groups is 1. The van der Waals surface area contributed by atoms with Gasteiger partial charge in [-0.25, -0.2) is 4.57 Å². The Morgan fingerprint density at radius 2 is 0.731 bits per heavy atom. The monoisotopic (exact) mass is 1030 g/mol. The highest BCUT2D eigenvalue weighted by atomic mass is 79.9. The molecule has 0 saturated heterocycles.